The largest absolute Gasteiger partial charge is 0.489 e. The first kappa shape index (κ1) is 21.9. The highest BCUT2D eigenvalue weighted by atomic mass is 127. The average Bonchev–Trinajstić information content (AvgIpc) is 2.64. The van der Waals surface area contributed by atoms with Gasteiger partial charge in [-0.25, -0.2) is 9.37 Å². The molecule has 2 N–H and O–H groups in total. The maximum atomic E-state index is 12.9. The van der Waals surface area contributed by atoms with Gasteiger partial charge in [-0.2, -0.15) is 0 Å². The summed E-state index contributed by atoms with van der Waals surface area (Å²) in [4.78, 5) is 8.50. The van der Waals surface area contributed by atoms with Crippen LogP contribution in [0.2, 0.25) is 0 Å². The van der Waals surface area contributed by atoms with E-state index < -0.39 is 0 Å². The van der Waals surface area contributed by atoms with Crippen LogP contribution in [0.15, 0.2) is 47.5 Å². The Morgan fingerprint density at radius 1 is 1.19 bits per heavy atom. The van der Waals surface area contributed by atoms with Crippen LogP contribution in [-0.2, 0) is 6.54 Å². The number of hydrogen-bond acceptors (Lipinski definition) is 4. The van der Waals surface area contributed by atoms with Crippen LogP contribution in [0.5, 0.6) is 11.6 Å². The van der Waals surface area contributed by atoms with Gasteiger partial charge in [-0.05, 0) is 37.3 Å². The van der Waals surface area contributed by atoms with Crippen molar-refractivity contribution < 1.29 is 13.9 Å². The van der Waals surface area contributed by atoms with Crippen LogP contribution >= 0.6 is 24.0 Å². The van der Waals surface area contributed by atoms with E-state index in [2.05, 4.69) is 20.6 Å². The third kappa shape index (κ3) is 7.42. The summed E-state index contributed by atoms with van der Waals surface area (Å²) in [5.74, 6) is 1.55. The van der Waals surface area contributed by atoms with E-state index in [4.69, 9.17) is 9.47 Å². The molecule has 26 heavy (non-hydrogen) atoms. The molecule has 2 rings (SSSR count). The van der Waals surface area contributed by atoms with Crippen LogP contribution in [0.1, 0.15) is 12.6 Å². The van der Waals surface area contributed by atoms with Gasteiger partial charge in [0.25, 0.3) is 0 Å². The number of nitrogens with one attached hydrogen (secondary N) is 2. The first-order valence-electron chi connectivity index (χ1n) is 7.97. The lowest BCUT2D eigenvalue weighted by atomic mass is 10.3. The molecule has 1 aromatic carbocycles. The second-order valence-electron chi connectivity index (χ2n) is 5.36. The summed E-state index contributed by atoms with van der Waals surface area (Å²) in [5, 5.41) is 6.36. The number of pyridine rings is 1. The standard InChI is InChI=1S/C18H23FN4O2.HI/c1-13(25-16-9-7-14(19)8-10-16)11-21-18(20-2)22-12-15-5-4-6-17(23-15)24-3;/h4-10,13H,11-12H2,1-3H3,(H2,20,21,22);1H. The van der Waals surface area contributed by atoms with Gasteiger partial charge >= 0.3 is 0 Å². The molecule has 1 unspecified atom stereocenters. The molecule has 0 saturated carbocycles. The molecule has 1 aromatic heterocycles. The highest BCUT2D eigenvalue weighted by Gasteiger charge is 2.06. The second kappa shape index (κ2) is 11.5. The fourth-order valence-electron chi connectivity index (χ4n) is 2.09. The van der Waals surface area contributed by atoms with Crippen LogP contribution in [0.3, 0.4) is 0 Å². The Kier molecular flexibility index (Phi) is 9.71. The van der Waals surface area contributed by atoms with Gasteiger partial charge in [-0.3, -0.25) is 4.99 Å². The van der Waals surface area contributed by atoms with Gasteiger partial charge in [-0.15, -0.1) is 24.0 Å². The van der Waals surface area contributed by atoms with E-state index >= 15 is 0 Å². The summed E-state index contributed by atoms with van der Waals surface area (Å²) in [6, 6.07) is 11.5. The predicted molar refractivity (Wildman–Crippen MR) is 111 cm³/mol. The Balaban J connectivity index is 0.00000338. The molecule has 0 amide bonds. The molecule has 0 saturated heterocycles. The lowest BCUT2D eigenvalue weighted by molar-refractivity contribution is 0.223. The van der Waals surface area contributed by atoms with Crippen LogP contribution in [0.4, 0.5) is 4.39 Å². The normalized spacial score (nSPS) is 11.9. The molecule has 0 aliphatic carbocycles. The molecule has 0 aliphatic rings. The van der Waals surface area contributed by atoms with Gasteiger partial charge in [0.1, 0.15) is 17.7 Å². The number of aromatic nitrogens is 1. The van der Waals surface area contributed by atoms with Crippen molar-refractivity contribution in [3.63, 3.8) is 0 Å². The van der Waals surface area contributed by atoms with Crippen molar-refractivity contribution in [1.82, 2.24) is 15.6 Å². The Morgan fingerprint density at radius 3 is 2.58 bits per heavy atom. The van der Waals surface area contributed by atoms with Crippen molar-refractivity contribution in [2.45, 2.75) is 19.6 Å². The fraction of sp³-hybridized carbons (Fsp3) is 0.333. The van der Waals surface area contributed by atoms with Crippen LogP contribution in [-0.4, -0.2) is 37.7 Å². The quantitative estimate of drug-likeness (QED) is 0.367. The third-order valence-corrected chi connectivity index (χ3v) is 3.36. The van der Waals surface area contributed by atoms with Gasteiger partial charge in [0.15, 0.2) is 5.96 Å². The number of nitrogens with zero attached hydrogens (tertiary/aromatic N) is 2. The Labute approximate surface area is 170 Å². The predicted octanol–water partition coefficient (Wildman–Crippen LogP) is 2.98. The minimum atomic E-state index is -0.283. The van der Waals surface area contributed by atoms with E-state index in [0.717, 1.165) is 5.69 Å². The van der Waals surface area contributed by atoms with Crippen molar-refractivity contribution in [1.29, 1.82) is 0 Å². The van der Waals surface area contributed by atoms with Gasteiger partial charge < -0.3 is 20.1 Å². The number of guanidine groups is 1. The minimum Gasteiger partial charge on any atom is -0.489 e. The van der Waals surface area contributed by atoms with Gasteiger partial charge in [0.2, 0.25) is 5.88 Å². The zero-order valence-corrected chi connectivity index (χ0v) is 17.4. The number of methoxy groups -OCH3 is 1. The number of benzene rings is 1. The van der Waals surface area contributed by atoms with Crippen molar-refractivity contribution >= 4 is 29.9 Å². The van der Waals surface area contributed by atoms with Crippen molar-refractivity contribution in [3.05, 3.63) is 54.0 Å². The Bertz CT molecular complexity index is 698. The van der Waals surface area contributed by atoms with Crippen molar-refractivity contribution in [2.75, 3.05) is 20.7 Å². The maximum absolute atomic E-state index is 12.9. The molecule has 1 atom stereocenters. The van der Waals surface area contributed by atoms with E-state index in [9.17, 15) is 4.39 Å². The van der Waals surface area contributed by atoms with Crippen LogP contribution in [0.25, 0.3) is 0 Å². The smallest absolute Gasteiger partial charge is 0.213 e. The van der Waals surface area contributed by atoms with Crippen molar-refractivity contribution in [2.24, 2.45) is 4.99 Å². The lowest BCUT2D eigenvalue weighted by Crippen LogP contribution is -2.41. The van der Waals surface area contributed by atoms with E-state index in [-0.39, 0.29) is 35.9 Å². The highest BCUT2D eigenvalue weighted by molar-refractivity contribution is 14.0. The second-order valence-corrected chi connectivity index (χ2v) is 5.36. The van der Waals surface area contributed by atoms with Gasteiger partial charge in [0.05, 0.1) is 25.9 Å². The average molecular weight is 474 g/mol. The Hall–Kier alpha value is -2.10. The number of aliphatic imine (C=N–C) groups is 1. The monoisotopic (exact) mass is 474 g/mol. The molecule has 2 aromatic rings. The van der Waals surface area contributed by atoms with E-state index in [1.807, 2.05) is 19.1 Å². The molecule has 0 bridgehead atoms. The summed E-state index contributed by atoms with van der Waals surface area (Å²) in [5.41, 5.74) is 0.845. The molecule has 8 heteroatoms. The minimum absolute atomic E-state index is 0. The topological polar surface area (TPSA) is 67.8 Å². The summed E-state index contributed by atoms with van der Waals surface area (Å²) in [7, 11) is 3.28. The lowest BCUT2D eigenvalue weighted by Gasteiger charge is -2.17. The van der Waals surface area contributed by atoms with Crippen molar-refractivity contribution in [3.8, 4) is 11.6 Å². The zero-order chi connectivity index (χ0) is 18.1. The number of ether oxygens (including phenoxy) is 2. The number of hydrogen-bond donors (Lipinski definition) is 2. The van der Waals surface area contributed by atoms with Gasteiger partial charge in [0, 0.05) is 13.1 Å². The molecule has 0 spiro atoms. The van der Waals surface area contributed by atoms with E-state index in [0.29, 0.717) is 30.7 Å². The van der Waals surface area contributed by atoms with E-state index in [1.165, 1.54) is 12.1 Å². The summed E-state index contributed by atoms with van der Waals surface area (Å²) < 4.78 is 23.7. The molecule has 6 nitrogen and oxygen atoms in total. The molecule has 0 radical (unpaired) electrons. The van der Waals surface area contributed by atoms with E-state index in [1.54, 1.807) is 32.4 Å². The number of rotatable bonds is 7. The highest BCUT2D eigenvalue weighted by Crippen LogP contribution is 2.12. The molecule has 142 valence electrons. The first-order valence-corrected chi connectivity index (χ1v) is 7.97. The summed E-state index contributed by atoms with van der Waals surface area (Å²) in [6.45, 7) is 2.99. The first-order chi connectivity index (χ1) is 12.1. The van der Waals surface area contributed by atoms with Crippen LogP contribution in [0, 0.1) is 5.82 Å². The number of halogens is 2. The molecular formula is C18H24FIN4O2. The molecule has 1 heterocycles. The molecular weight excluding hydrogens is 450 g/mol. The van der Waals surface area contributed by atoms with Gasteiger partial charge in [-0.1, -0.05) is 6.07 Å². The SMILES string of the molecule is CN=C(NCc1cccc(OC)n1)NCC(C)Oc1ccc(F)cc1.I. The third-order valence-electron chi connectivity index (χ3n) is 3.36. The zero-order valence-electron chi connectivity index (χ0n) is 15.0. The molecule has 0 fully saturated rings. The summed E-state index contributed by atoms with van der Waals surface area (Å²) in [6.07, 6.45) is -0.112. The van der Waals surface area contributed by atoms with Crippen LogP contribution < -0.4 is 20.1 Å². The summed E-state index contributed by atoms with van der Waals surface area (Å²) >= 11 is 0. The maximum Gasteiger partial charge on any atom is 0.213 e. The Morgan fingerprint density at radius 2 is 1.92 bits per heavy atom. The molecule has 0 aliphatic heterocycles. The fourth-order valence-corrected chi connectivity index (χ4v) is 2.09.